The summed E-state index contributed by atoms with van der Waals surface area (Å²) >= 11 is 6.56. The van der Waals surface area contributed by atoms with Gasteiger partial charge in [0.25, 0.3) is 0 Å². The summed E-state index contributed by atoms with van der Waals surface area (Å²) in [6, 6.07) is 0. The fraction of sp³-hybridized carbons (Fsp3) is 1.00. The van der Waals surface area contributed by atoms with E-state index in [1.807, 2.05) is 0 Å². The normalized spacial score (nSPS) is 12.0. The molecule has 0 bridgehead atoms. The van der Waals surface area contributed by atoms with Crippen molar-refractivity contribution in [2.75, 3.05) is 4.43 Å². The van der Waals surface area contributed by atoms with Gasteiger partial charge in [0, 0.05) is 9.17 Å². The molecule has 0 aliphatic heterocycles. The summed E-state index contributed by atoms with van der Waals surface area (Å²) in [6.45, 7) is 4.20. The first-order valence-electron chi connectivity index (χ1n) is 1.84. The van der Waals surface area contributed by atoms with Crippen molar-refractivity contribution in [3.05, 3.63) is 0 Å². The van der Waals surface area contributed by atoms with Crippen LogP contribution in [0.15, 0.2) is 0 Å². The standard InChI is InChI=1S/C4H9IS/c1-4(2,6)3-5/h6H,3H2,1-2H3. The van der Waals surface area contributed by atoms with Gasteiger partial charge < -0.3 is 0 Å². The number of thiol groups is 1. The summed E-state index contributed by atoms with van der Waals surface area (Å²) in [7, 11) is 0. The quantitative estimate of drug-likeness (QED) is 0.387. The van der Waals surface area contributed by atoms with Gasteiger partial charge in [-0.1, -0.05) is 36.4 Å². The van der Waals surface area contributed by atoms with Crippen LogP contribution in [0.3, 0.4) is 0 Å². The van der Waals surface area contributed by atoms with E-state index in [0.717, 1.165) is 4.43 Å². The van der Waals surface area contributed by atoms with Gasteiger partial charge in [0.15, 0.2) is 0 Å². The third kappa shape index (κ3) is 5.08. The second kappa shape index (κ2) is 2.40. The van der Waals surface area contributed by atoms with Gasteiger partial charge in [-0.25, -0.2) is 0 Å². The predicted molar refractivity (Wildman–Crippen MR) is 42.0 cm³/mol. The number of rotatable bonds is 1. The second-order valence-corrected chi connectivity index (χ2v) is 3.92. The molecule has 0 atom stereocenters. The van der Waals surface area contributed by atoms with Crippen molar-refractivity contribution in [1.82, 2.24) is 0 Å². The minimum absolute atomic E-state index is 0.223. The van der Waals surface area contributed by atoms with E-state index in [4.69, 9.17) is 0 Å². The summed E-state index contributed by atoms with van der Waals surface area (Å²) < 4.78 is 1.33. The van der Waals surface area contributed by atoms with E-state index < -0.39 is 0 Å². The van der Waals surface area contributed by atoms with Crippen LogP contribution in [0.5, 0.6) is 0 Å². The molecule has 38 valence electrons. The maximum atomic E-state index is 4.25. The molecule has 0 unspecified atom stereocenters. The summed E-state index contributed by atoms with van der Waals surface area (Å²) in [5.41, 5.74) is 0. The Kier molecular flexibility index (Phi) is 2.84. The largest absolute Gasteiger partial charge is 0.172 e. The predicted octanol–water partition coefficient (Wildman–Crippen LogP) is 2.13. The molecule has 0 saturated carbocycles. The van der Waals surface area contributed by atoms with Crippen molar-refractivity contribution in [3.63, 3.8) is 0 Å². The monoisotopic (exact) mass is 216 g/mol. The van der Waals surface area contributed by atoms with Gasteiger partial charge >= 0.3 is 0 Å². The average molecular weight is 216 g/mol. The Morgan fingerprint density at radius 2 is 1.83 bits per heavy atom. The lowest BCUT2D eigenvalue weighted by atomic mass is 10.3. The van der Waals surface area contributed by atoms with E-state index in [2.05, 4.69) is 49.1 Å². The van der Waals surface area contributed by atoms with Crippen LogP contribution in [-0.4, -0.2) is 9.17 Å². The molecule has 0 aliphatic carbocycles. The molecule has 0 saturated heterocycles. The number of hydrogen-bond donors (Lipinski definition) is 1. The third-order valence-electron chi connectivity index (χ3n) is 0.327. The molecule has 0 aromatic carbocycles. The number of hydrogen-bond acceptors (Lipinski definition) is 1. The topological polar surface area (TPSA) is 0 Å². The molecule has 0 spiro atoms. The first-order chi connectivity index (χ1) is 2.56. The van der Waals surface area contributed by atoms with Crippen molar-refractivity contribution in [1.29, 1.82) is 0 Å². The first kappa shape index (κ1) is 7.08. The van der Waals surface area contributed by atoms with Crippen molar-refractivity contribution < 1.29 is 0 Å². The van der Waals surface area contributed by atoms with Crippen LogP contribution in [-0.2, 0) is 0 Å². The van der Waals surface area contributed by atoms with E-state index in [-0.39, 0.29) is 4.75 Å². The third-order valence-corrected chi connectivity index (χ3v) is 3.00. The highest BCUT2D eigenvalue weighted by atomic mass is 127. The SMILES string of the molecule is CC(C)(S)CI. The molecular weight excluding hydrogens is 207 g/mol. The average Bonchev–Trinajstić information content (AvgIpc) is 1.35. The summed E-state index contributed by atoms with van der Waals surface area (Å²) in [5, 5.41) is 0. The molecule has 0 N–H and O–H groups in total. The van der Waals surface area contributed by atoms with Gasteiger partial charge in [0.2, 0.25) is 0 Å². The Morgan fingerprint density at radius 1 is 1.67 bits per heavy atom. The van der Waals surface area contributed by atoms with Gasteiger partial charge in [-0.05, 0) is 0 Å². The van der Waals surface area contributed by atoms with Gasteiger partial charge in [-0.2, -0.15) is 12.6 Å². The highest BCUT2D eigenvalue weighted by Crippen LogP contribution is 2.13. The van der Waals surface area contributed by atoms with E-state index in [1.54, 1.807) is 0 Å². The highest BCUT2D eigenvalue weighted by Gasteiger charge is 2.06. The lowest BCUT2D eigenvalue weighted by Crippen LogP contribution is -2.10. The van der Waals surface area contributed by atoms with Crippen LogP contribution in [0.25, 0.3) is 0 Å². The zero-order chi connectivity index (χ0) is 5.21. The first-order valence-corrected chi connectivity index (χ1v) is 3.82. The number of alkyl halides is 1. The van der Waals surface area contributed by atoms with Crippen LogP contribution in [0, 0.1) is 0 Å². The highest BCUT2D eigenvalue weighted by molar-refractivity contribution is 14.1. The molecule has 0 aliphatic rings. The maximum absolute atomic E-state index is 4.25. The fourth-order valence-electron chi connectivity index (χ4n) is 0. The molecule has 2 heteroatoms. The molecule has 0 rings (SSSR count). The zero-order valence-corrected chi connectivity index (χ0v) is 7.08. The Balaban J connectivity index is 3.17. The van der Waals surface area contributed by atoms with Crippen molar-refractivity contribution >= 4 is 35.2 Å². The summed E-state index contributed by atoms with van der Waals surface area (Å²) in [5.74, 6) is 0. The molecule has 0 amide bonds. The van der Waals surface area contributed by atoms with Crippen LogP contribution in [0.4, 0.5) is 0 Å². The zero-order valence-electron chi connectivity index (χ0n) is 4.03. The van der Waals surface area contributed by atoms with E-state index in [1.165, 1.54) is 0 Å². The van der Waals surface area contributed by atoms with E-state index >= 15 is 0 Å². The Labute approximate surface area is 58.3 Å². The van der Waals surface area contributed by atoms with Gasteiger partial charge in [0.1, 0.15) is 0 Å². The Morgan fingerprint density at radius 3 is 1.83 bits per heavy atom. The van der Waals surface area contributed by atoms with Crippen LogP contribution < -0.4 is 0 Å². The lowest BCUT2D eigenvalue weighted by molar-refractivity contribution is 0.839. The lowest BCUT2D eigenvalue weighted by Gasteiger charge is -2.10. The minimum atomic E-state index is 0.223. The van der Waals surface area contributed by atoms with Crippen molar-refractivity contribution in [2.45, 2.75) is 18.6 Å². The Bertz CT molecular complexity index is 37.3. The molecule has 6 heavy (non-hydrogen) atoms. The molecule has 0 aromatic rings. The van der Waals surface area contributed by atoms with E-state index in [0.29, 0.717) is 0 Å². The molecular formula is C4H9IS. The van der Waals surface area contributed by atoms with E-state index in [9.17, 15) is 0 Å². The molecule has 0 radical (unpaired) electrons. The van der Waals surface area contributed by atoms with Crippen LogP contribution in [0.1, 0.15) is 13.8 Å². The maximum Gasteiger partial charge on any atom is 0.0162 e. The fourth-order valence-corrected chi connectivity index (χ4v) is 0. The van der Waals surface area contributed by atoms with Crippen molar-refractivity contribution in [3.8, 4) is 0 Å². The number of halogens is 1. The minimum Gasteiger partial charge on any atom is -0.172 e. The molecule has 0 fully saturated rings. The summed E-state index contributed by atoms with van der Waals surface area (Å²) in [4.78, 5) is 0. The van der Waals surface area contributed by atoms with Crippen LogP contribution in [0.2, 0.25) is 0 Å². The molecule has 0 aromatic heterocycles. The van der Waals surface area contributed by atoms with Gasteiger partial charge in [-0.15, -0.1) is 0 Å². The molecule has 0 nitrogen and oxygen atoms in total. The van der Waals surface area contributed by atoms with Crippen LogP contribution >= 0.6 is 35.2 Å². The molecule has 0 heterocycles. The second-order valence-electron chi connectivity index (χ2n) is 1.95. The Hall–Kier alpha value is 1.08. The summed E-state index contributed by atoms with van der Waals surface area (Å²) in [6.07, 6.45) is 0. The van der Waals surface area contributed by atoms with Gasteiger partial charge in [0.05, 0.1) is 0 Å². The smallest absolute Gasteiger partial charge is 0.0162 e. The van der Waals surface area contributed by atoms with Crippen molar-refractivity contribution in [2.24, 2.45) is 0 Å². The van der Waals surface area contributed by atoms with Gasteiger partial charge in [-0.3, -0.25) is 0 Å².